The lowest BCUT2D eigenvalue weighted by atomic mass is 9.96. The summed E-state index contributed by atoms with van der Waals surface area (Å²) in [6.45, 7) is 4.78. The molecule has 1 aromatic carbocycles. The van der Waals surface area contributed by atoms with Crippen molar-refractivity contribution >= 4 is 17.5 Å². The predicted octanol–water partition coefficient (Wildman–Crippen LogP) is 2.00. The summed E-state index contributed by atoms with van der Waals surface area (Å²) in [5.41, 5.74) is -0.689. The smallest absolute Gasteiger partial charge is 0.313 e. The van der Waals surface area contributed by atoms with Crippen molar-refractivity contribution in [2.45, 2.75) is 26.4 Å². The normalized spacial score (nSPS) is 13.2. The molecule has 0 saturated carbocycles. The molecule has 1 heterocycles. The van der Waals surface area contributed by atoms with Crippen molar-refractivity contribution in [3.63, 3.8) is 0 Å². The summed E-state index contributed by atoms with van der Waals surface area (Å²) < 4.78 is 18.4. The number of carbonyl (C=O) groups excluding carboxylic acids is 2. The minimum atomic E-state index is -1.39. The average molecular weight is 334 g/mol. The number of furan rings is 1. The largest absolute Gasteiger partial charge is 0.466 e. The first-order chi connectivity index (χ1) is 11.2. The number of hydrogen-bond acceptors (Lipinski definition) is 4. The zero-order valence-electron chi connectivity index (χ0n) is 13.6. The third-order valence-corrected chi connectivity index (χ3v) is 3.50. The number of rotatable bonds is 4. The van der Waals surface area contributed by atoms with Gasteiger partial charge in [-0.2, -0.15) is 0 Å². The molecule has 6 nitrogen and oxygen atoms in total. The summed E-state index contributed by atoms with van der Waals surface area (Å²) >= 11 is 0. The summed E-state index contributed by atoms with van der Waals surface area (Å²) in [6, 6.07) is 6.87. The molecule has 1 aromatic heterocycles. The molecule has 1 unspecified atom stereocenters. The fraction of sp³-hybridized carbons (Fsp3) is 0.294. The summed E-state index contributed by atoms with van der Waals surface area (Å²) in [7, 11) is 0. The second-order valence-corrected chi connectivity index (χ2v) is 5.75. The van der Waals surface area contributed by atoms with E-state index in [9.17, 15) is 19.1 Å². The topological polar surface area (TPSA) is 91.6 Å². The van der Waals surface area contributed by atoms with E-state index < -0.39 is 23.2 Å². The molecular weight excluding hydrogens is 315 g/mol. The van der Waals surface area contributed by atoms with Gasteiger partial charge in [0.2, 0.25) is 0 Å². The van der Waals surface area contributed by atoms with E-state index in [1.165, 1.54) is 25.1 Å². The number of anilines is 1. The minimum Gasteiger partial charge on any atom is -0.466 e. The molecule has 0 aliphatic carbocycles. The number of benzene rings is 1. The molecule has 0 aliphatic heterocycles. The molecule has 0 saturated heterocycles. The molecule has 0 aliphatic rings. The lowest BCUT2D eigenvalue weighted by Crippen LogP contribution is -2.43. The number of hydrogen-bond donors (Lipinski definition) is 3. The summed E-state index contributed by atoms with van der Waals surface area (Å²) in [4.78, 5) is 23.7. The van der Waals surface area contributed by atoms with Gasteiger partial charge in [-0.05, 0) is 45.0 Å². The lowest BCUT2D eigenvalue weighted by molar-refractivity contribution is -0.136. The quantitative estimate of drug-likeness (QED) is 0.746. The fourth-order valence-electron chi connectivity index (χ4n) is 2.35. The van der Waals surface area contributed by atoms with Gasteiger partial charge in [0.1, 0.15) is 22.9 Å². The van der Waals surface area contributed by atoms with Crippen LogP contribution in [0.3, 0.4) is 0 Å². The Hall–Kier alpha value is -2.67. The van der Waals surface area contributed by atoms with Gasteiger partial charge in [-0.3, -0.25) is 9.59 Å². The first kappa shape index (κ1) is 17.7. The zero-order chi connectivity index (χ0) is 17.9. The summed E-state index contributed by atoms with van der Waals surface area (Å²) in [6.07, 6.45) is 0. The Morgan fingerprint density at radius 3 is 2.54 bits per heavy atom. The van der Waals surface area contributed by atoms with E-state index in [2.05, 4.69) is 10.6 Å². The zero-order valence-corrected chi connectivity index (χ0v) is 13.6. The fourth-order valence-corrected chi connectivity index (χ4v) is 2.35. The van der Waals surface area contributed by atoms with Crippen LogP contribution in [-0.2, 0) is 15.2 Å². The third kappa shape index (κ3) is 4.20. The number of aliphatic hydroxyl groups is 1. The van der Waals surface area contributed by atoms with Gasteiger partial charge in [-0.15, -0.1) is 0 Å². The van der Waals surface area contributed by atoms with Crippen LogP contribution >= 0.6 is 0 Å². The predicted molar refractivity (Wildman–Crippen MR) is 85.8 cm³/mol. The number of halogens is 1. The van der Waals surface area contributed by atoms with Gasteiger partial charge in [0.25, 0.3) is 0 Å². The molecular formula is C17H19FN2O4. The molecule has 3 N–H and O–H groups in total. The number of nitrogens with one attached hydrogen (secondary N) is 2. The second-order valence-electron chi connectivity index (χ2n) is 5.75. The number of aryl methyl sites for hydroxylation is 2. The van der Waals surface area contributed by atoms with Crippen molar-refractivity contribution in [2.75, 3.05) is 11.9 Å². The Kier molecular flexibility index (Phi) is 5.04. The van der Waals surface area contributed by atoms with Crippen LogP contribution < -0.4 is 10.6 Å². The molecule has 0 bridgehead atoms. The van der Waals surface area contributed by atoms with E-state index in [1.807, 2.05) is 0 Å². The van der Waals surface area contributed by atoms with Gasteiger partial charge in [0.15, 0.2) is 0 Å². The number of amides is 2. The van der Waals surface area contributed by atoms with Crippen LogP contribution in [0.15, 0.2) is 34.7 Å². The van der Waals surface area contributed by atoms with Crippen LogP contribution in [0, 0.1) is 19.7 Å². The Morgan fingerprint density at radius 2 is 1.96 bits per heavy atom. The first-order valence-corrected chi connectivity index (χ1v) is 7.33. The molecule has 24 heavy (non-hydrogen) atoms. The van der Waals surface area contributed by atoms with E-state index in [-0.39, 0.29) is 12.2 Å². The van der Waals surface area contributed by atoms with Crippen LogP contribution in [0.25, 0.3) is 0 Å². The van der Waals surface area contributed by atoms with Crippen LogP contribution in [-0.4, -0.2) is 23.5 Å². The molecule has 0 spiro atoms. The molecule has 1 atom stereocenters. The Balaban J connectivity index is 1.96. The minimum absolute atomic E-state index is 0.170. The SMILES string of the molecule is Cc1cc(C(C)(O)CNC(=O)C(=O)Nc2cccc(F)c2)c(C)o1. The maximum atomic E-state index is 13.1. The standard InChI is InChI=1S/C17H19FN2O4/c1-10-7-14(11(2)24-10)17(3,23)9-19-15(21)16(22)20-13-6-4-5-12(18)8-13/h4-8,23H,9H2,1-3H3,(H,19,21)(H,20,22). The molecule has 0 radical (unpaired) electrons. The summed E-state index contributed by atoms with van der Waals surface area (Å²) in [5, 5.41) is 15.1. The maximum absolute atomic E-state index is 13.1. The van der Waals surface area contributed by atoms with Crippen molar-refractivity contribution in [3.8, 4) is 0 Å². The van der Waals surface area contributed by atoms with Gasteiger partial charge in [-0.25, -0.2) is 4.39 Å². The Morgan fingerprint density at radius 1 is 1.25 bits per heavy atom. The van der Waals surface area contributed by atoms with Gasteiger partial charge >= 0.3 is 11.8 Å². The second kappa shape index (κ2) is 6.84. The van der Waals surface area contributed by atoms with Crippen LogP contribution in [0.2, 0.25) is 0 Å². The molecule has 2 amide bonds. The highest BCUT2D eigenvalue weighted by Gasteiger charge is 2.29. The van der Waals surface area contributed by atoms with Crippen LogP contribution in [0.1, 0.15) is 24.0 Å². The molecule has 7 heteroatoms. The number of carbonyl (C=O) groups is 2. The van der Waals surface area contributed by atoms with Crippen molar-refractivity contribution in [1.82, 2.24) is 5.32 Å². The van der Waals surface area contributed by atoms with Crippen molar-refractivity contribution in [3.05, 3.63) is 53.2 Å². The van der Waals surface area contributed by atoms with Crippen molar-refractivity contribution < 1.29 is 23.5 Å². The Bertz CT molecular complexity index is 768. The maximum Gasteiger partial charge on any atom is 0.313 e. The van der Waals surface area contributed by atoms with E-state index in [0.29, 0.717) is 17.1 Å². The van der Waals surface area contributed by atoms with Crippen molar-refractivity contribution in [2.24, 2.45) is 0 Å². The van der Waals surface area contributed by atoms with Gasteiger partial charge in [0.05, 0.1) is 6.54 Å². The molecule has 2 aromatic rings. The highest BCUT2D eigenvalue weighted by atomic mass is 19.1. The van der Waals surface area contributed by atoms with Crippen molar-refractivity contribution in [1.29, 1.82) is 0 Å². The van der Waals surface area contributed by atoms with Gasteiger partial charge < -0.3 is 20.2 Å². The first-order valence-electron chi connectivity index (χ1n) is 7.33. The molecule has 2 rings (SSSR count). The molecule has 128 valence electrons. The highest BCUT2D eigenvalue weighted by molar-refractivity contribution is 6.39. The molecule has 0 fully saturated rings. The monoisotopic (exact) mass is 334 g/mol. The van der Waals surface area contributed by atoms with Gasteiger partial charge in [-0.1, -0.05) is 6.07 Å². The van der Waals surface area contributed by atoms with Crippen LogP contribution in [0.4, 0.5) is 10.1 Å². The highest BCUT2D eigenvalue weighted by Crippen LogP contribution is 2.26. The van der Waals surface area contributed by atoms with E-state index in [1.54, 1.807) is 19.9 Å². The van der Waals surface area contributed by atoms with E-state index >= 15 is 0 Å². The summed E-state index contributed by atoms with van der Waals surface area (Å²) in [5.74, 6) is -1.23. The van der Waals surface area contributed by atoms with Crippen LogP contribution in [0.5, 0.6) is 0 Å². The van der Waals surface area contributed by atoms with Gasteiger partial charge in [0, 0.05) is 11.3 Å². The lowest BCUT2D eigenvalue weighted by Gasteiger charge is -2.23. The third-order valence-electron chi connectivity index (χ3n) is 3.50. The average Bonchev–Trinajstić information content (AvgIpc) is 2.84. The van der Waals surface area contributed by atoms with E-state index in [0.717, 1.165) is 6.07 Å². The van der Waals surface area contributed by atoms with E-state index in [4.69, 9.17) is 4.42 Å². The Labute approximate surface area is 138 Å².